The Morgan fingerprint density at radius 3 is 2.53 bits per heavy atom. The summed E-state index contributed by atoms with van der Waals surface area (Å²) in [4.78, 5) is 12.3. The molecular weight excluding hydrogens is 282 g/mol. The maximum absolute atomic E-state index is 12.3. The largest absolute Gasteiger partial charge is 0.346 e. The van der Waals surface area contributed by atoms with Gasteiger partial charge in [-0.15, -0.1) is 0 Å². The molecule has 1 aliphatic carbocycles. The van der Waals surface area contributed by atoms with Gasteiger partial charge in [0.1, 0.15) is 0 Å². The van der Waals surface area contributed by atoms with E-state index in [4.69, 9.17) is 0 Å². The highest BCUT2D eigenvalue weighted by Crippen LogP contribution is 2.33. The van der Waals surface area contributed by atoms with Gasteiger partial charge in [0, 0.05) is 18.1 Å². The molecule has 0 atom stereocenters. The van der Waals surface area contributed by atoms with E-state index in [-0.39, 0.29) is 11.4 Å². The number of amides is 1. The lowest BCUT2D eigenvalue weighted by Crippen LogP contribution is -2.55. The number of nitrogens with one attached hydrogen (secondary N) is 1. The molecule has 2 rings (SSSR count). The normalized spacial score (nSPS) is 17.6. The summed E-state index contributed by atoms with van der Waals surface area (Å²) in [5.41, 5.74) is 2.40. The van der Waals surface area contributed by atoms with Crippen molar-refractivity contribution < 1.29 is 4.79 Å². The first-order chi connectivity index (χ1) is 7.99. The van der Waals surface area contributed by atoms with E-state index < -0.39 is 0 Å². The van der Waals surface area contributed by atoms with Crippen LogP contribution in [0.15, 0.2) is 0 Å². The van der Waals surface area contributed by atoms with Crippen LogP contribution in [0.5, 0.6) is 0 Å². The molecule has 94 valence electrons. The van der Waals surface area contributed by atoms with Gasteiger partial charge in [0.25, 0.3) is 5.91 Å². The molecule has 0 saturated heterocycles. The van der Waals surface area contributed by atoms with Crippen molar-refractivity contribution in [1.29, 1.82) is 0 Å². The Kier molecular flexibility index (Phi) is 3.30. The number of nitrogens with zero attached hydrogens (tertiary/aromatic N) is 2. The summed E-state index contributed by atoms with van der Waals surface area (Å²) in [7, 11) is 1.86. The van der Waals surface area contributed by atoms with Crippen molar-refractivity contribution in [3.05, 3.63) is 17.0 Å². The molecule has 1 aromatic heterocycles. The van der Waals surface area contributed by atoms with Gasteiger partial charge < -0.3 is 5.32 Å². The van der Waals surface area contributed by atoms with Gasteiger partial charge in [-0.3, -0.25) is 9.48 Å². The molecule has 0 spiro atoms. The predicted molar refractivity (Wildman–Crippen MR) is 70.5 cm³/mol. The molecule has 4 nitrogen and oxygen atoms in total. The first kappa shape index (κ1) is 12.6. The number of halogens is 1. The second kappa shape index (κ2) is 4.44. The second-order valence-corrected chi connectivity index (χ2v) is 5.45. The van der Waals surface area contributed by atoms with Gasteiger partial charge in [0.05, 0.1) is 16.8 Å². The third kappa shape index (κ3) is 2.12. The highest BCUT2D eigenvalue weighted by atomic mass is 79.9. The standard InChI is InChI=1S/C12H18BrN3O/c1-8-10(9(2)16(3)15-8)11(17)14-12(7-13)5-4-6-12/h4-7H2,1-3H3,(H,14,17). The average molecular weight is 300 g/mol. The van der Waals surface area contributed by atoms with E-state index in [0.717, 1.165) is 35.1 Å². The lowest BCUT2D eigenvalue weighted by atomic mass is 9.78. The van der Waals surface area contributed by atoms with Gasteiger partial charge in [-0.2, -0.15) is 5.10 Å². The number of alkyl halides is 1. The topological polar surface area (TPSA) is 46.9 Å². The van der Waals surface area contributed by atoms with Crippen LogP contribution in [-0.4, -0.2) is 26.6 Å². The molecule has 0 aromatic carbocycles. The lowest BCUT2D eigenvalue weighted by Gasteiger charge is -2.41. The van der Waals surface area contributed by atoms with Crippen molar-refractivity contribution >= 4 is 21.8 Å². The molecule has 17 heavy (non-hydrogen) atoms. The average Bonchev–Trinajstić information content (AvgIpc) is 2.47. The fraction of sp³-hybridized carbons (Fsp3) is 0.667. The Morgan fingerprint density at radius 2 is 2.18 bits per heavy atom. The zero-order valence-electron chi connectivity index (χ0n) is 10.5. The van der Waals surface area contributed by atoms with Crippen molar-refractivity contribution in [2.75, 3.05) is 5.33 Å². The summed E-state index contributed by atoms with van der Waals surface area (Å²) in [5, 5.41) is 8.25. The van der Waals surface area contributed by atoms with Gasteiger partial charge in [0.2, 0.25) is 0 Å². The van der Waals surface area contributed by atoms with E-state index in [1.807, 2.05) is 20.9 Å². The summed E-state index contributed by atoms with van der Waals surface area (Å²) in [6, 6.07) is 0. The molecule has 1 amide bonds. The number of aromatic nitrogens is 2. The minimum atomic E-state index is -0.0359. The number of rotatable bonds is 3. The van der Waals surface area contributed by atoms with Gasteiger partial charge in [-0.25, -0.2) is 0 Å². The summed E-state index contributed by atoms with van der Waals surface area (Å²) >= 11 is 3.49. The zero-order chi connectivity index (χ0) is 12.6. The van der Waals surface area contributed by atoms with E-state index in [0.29, 0.717) is 0 Å². The Hall–Kier alpha value is -0.840. The molecule has 1 heterocycles. The molecule has 5 heteroatoms. The van der Waals surface area contributed by atoms with Crippen molar-refractivity contribution in [1.82, 2.24) is 15.1 Å². The lowest BCUT2D eigenvalue weighted by molar-refractivity contribution is 0.0855. The number of aryl methyl sites for hydroxylation is 2. The van der Waals surface area contributed by atoms with Crippen LogP contribution in [0.2, 0.25) is 0 Å². The molecular formula is C12H18BrN3O. The SMILES string of the molecule is Cc1nn(C)c(C)c1C(=O)NC1(CBr)CCC1. The number of carbonyl (C=O) groups is 1. The number of hydrogen-bond donors (Lipinski definition) is 1. The van der Waals surface area contributed by atoms with Gasteiger partial charge >= 0.3 is 0 Å². The molecule has 0 aliphatic heterocycles. The van der Waals surface area contributed by atoms with Crippen LogP contribution in [0.4, 0.5) is 0 Å². The monoisotopic (exact) mass is 299 g/mol. The quantitative estimate of drug-likeness (QED) is 0.869. The van der Waals surface area contributed by atoms with E-state index >= 15 is 0 Å². The van der Waals surface area contributed by atoms with Crippen molar-refractivity contribution in [2.45, 2.75) is 38.6 Å². The Morgan fingerprint density at radius 1 is 1.53 bits per heavy atom. The van der Waals surface area contributed by atoms with E-state index in [1.165, 1.54) is 6.42 Å². The van der Waals surface area contributed by atoms with Crippen molar-refractivity contribution in [3.63, 3.8) is 0 Å². The van der Waals surface area contributed by atoms with Gasteiger partial charge in [-0.05, 0) is 33.1 Å². The van der Waals surface area contributed by atoms with Crippen LogP contribution >= 0.6 is 15.9 Å². The molecule has 0 bridgehead atoms. The maximum Gasteiger partial charge on any atom is 0.255 e. The van der Waals surface area contributed by atoms with Crippen LogP contribution < -0.4 is 5.32 Å². The number of hydrogen-bond acceptors (Lipinski definition) is 2. The van der Waals surface area contributed by atoms with E-state index in [1.54, 1.807) is 4.68 Å². The predicted octanol–water partition coefficient (Wildman–Crippen LogP) is 2.08. The van der Waals surface area contributed by atoms with Crippen molar-refractivity contribution in [2.24, 2.45) is 7.05 Å². The third-order valence-electron chi connectivity index (χ3n) is 3.68. The summed E-state index contributed by atoms with van der Waals surface area (Å²) in [5.74, 6) is 0.00671. The molecule has 0 unspecified atom stereocenters. The van der Waals surface area contributed by atoms with Crippen LogP contribution in [-0.2, 0) is 7.05 Å². The summed E-state index contributed by atoms with van der Waals surface area (Å²) in [6.45, 7) is 3.81. The summed E-state index contributed by atoms with van der Waals surface area (Å²) in [6.07, 6.45) is 3.31. The minimum Gasteiger partial charge on any atom is -0.346 e. The molecule has 1 aliphatic rings. The van der Waals surface area contributed by atoms with Crippen LogP contribution in [0.25, 0.3) is 0 Å². The highest BCUT2D eigenvalue weighted by Gasteiger charge is 2.38. The van der Waals surface area contributed by atoms with Crippen molar-refractivity contribution in [3.8, 4) is 0 Å². The second-order valence-electron chi connectivity index (χ2n) is 4.89. The third-order valence-corrected chi connectivity index (χ3v) is 4.75. The summed E-state index contributed by atoms with van der Waals surface area (Å²) < 4.78 is 1.76. The fourth-order valence-electron chi connectivity index (χ4n) is 2.30. The first-order valence-corrected chi connectivity index (χ1v) is 7.00. The first-order valence-electron chi connectivity index (χ1n) is 5.88. The Bertz CT molecular complexity index is 443. The van der Waals surface area contributed by atoms with E-state index in [2.05, 4.69) is 26.3 Å². The fourth-order valence-corrected chi connectivity index (χ4v) is 3.00. The molecule has 0 radical (unpaired) electrons. The van der Waals surface area contributed by atoms with Gasteiger partial charge in [-0.1, -0.05) is 15.9 Å². The zero-order valence-corrected chi connectivity index (χ0v) is 12.1. The molecule has 1 N–H and O–H groups in total. The smallest absolute Gasteiger partial charge is 0.255 e. The Balaban J connectivity index is 2.20. The molecule has 1 aromatic rings. The highest BCUT2D eigenvalue weighted by molar-refractivity contribution is 9.09. The van der Waals surface area contributed by atoms with E-state index in [9.17, 15) is 4.79 Å². The van der Waals surface area contributed by atoms with Crippen LogP contribution in [0, 0.1) is 13.8 Å². The molecule has 1 saturated carbocycles. The molecule has 1 fully saturated rings. The Labute approximate surface area is 110 Å². The maximum atomic E-state index is 12.3. The van der Waals surface area contributed by atoms with Crippen LogP contribution in [0.3, 0.4) is 0 Å². The minimum absolute atomic E-state index is 0.00671. The number of carbonyl (C=O) groups excluding carboxylic acids is 1. The van der Waals surface area contributed by atoms with Gasteiger partial charge in [0.15, 0.2) is 0 Å². The van der Waals surface area contributed by atoms with Crippen LogP contribution in [0.1, 0.15) is 41.0 Å².